The number of rotatable bonds is 9. The summed E-state index contributed by atoms with van der Waals surface area (Å²) < 4.78 is 29.6. The van der Waals surface area contributed by atoms with Crippen molar-refractivity contribution in [3.63, 3.8) is 0 Å². The first-order chi connectivity index (χ1) is 9.31. The Morgan fingerprint density at radius 3 is 2.60 bits per heavy atom. The van der Waals surface area contributed by atoms with Crippen LogP contribution in [-0.4, -0.2) is 55.9 Å². The zero-order valence-electron chi connectivity index (χ0n) is 12.4. The highest BCUT2D eigenvalue weighted by Gasteiger charge is 2.13. The number of anilines is 1. The van der Waals surface area contributed by atoms with Crippen LogP contribution in [0.4, 0.5) is 6.01 Å². The molecule has 0 aliphatic carbocycles. The largest absolute Gasteiger partial charge is 0.407 e. The van der Waals surface area contributed by atoms with Crippen LogP contribution in [0, 0.1) is 5.92 Å². The Kier molecular flexibility index (Phi) is 6.37. The van der Waals surface area contributed by atoms with E-state index in [2.05, 4.69) is 34.7 Å². The number of nitrogens with one attached hydrogen (secondary N) is 2. The monoisotopic (exact) mass is 305 g/mol. The van der Waals surface area contributed by atoms with Gasteiger partial charge in [0.05, 0.1) is 12.3 Å². The lowest BCUT2D eigenvalue weighted by Crippen LogP contribution is -2.28. The smallest absolute Gasteiger partial charge is 0.315 e. The highest BCUT2D eigenvalue weighted by atomic mass is 32.2. The Balaban J connectivity index is 2.34. The summed E-state index contributed by atoms with van der Waals surface area (Å²) in [5.41, 5.74) is 0. The third kappa shape index (κ3) is 5.85. The Labute approximate surface area is 120 Å². The van der Waals surface area contributed by atoms with Gasteiger partial charge in [0.1, 0.15) is 0 Å². The topological polar surface area (TPSA) is 100 Å². The van der Waals surface area contributed by atoms with Gasteiger partial charge in [-0.05, 0) is 12.5 Å². The molecule has 0 fully saturated rings. The molecule has 0 radical (unpaired) electrons. The van der Waals surface area contributed by atoms with E-state index in [1.54, 1.807) is 0 Å². The first kappa shape index (κ1) is 16.9. The molecule has 2 N–H and O–H groups in total. The SMILES string of the molecule is CC(C)CNCc1nnc(NCCS(=O)(=O)N(C)C)o1. The fourth-order valence-corrected chi connectivity index (χ4v) is 2.06. The van der Waals surface area contributed by atoms with Gasteiger partial charge in [0, 0.05) is 20.6 Å². The summed E-state index contributed by atoms with van der Waals surface area (Å²) in [7, 11) is -0.216. The molecular formula is C11H23N5O3S. The van der Waals surface area contributed by atoms with Crippen molar-refractivity contribution in [1.29, 1.82) is 0 Å². The van der Waals surface area contributed by atoms with Crippen molar-refractivity contribution in [2.75, 3.05) is 38.3 Å². The zero-order chi connectivity index (χ0) is 15.2. The molecule has 8 nitrogen and oxygen atoms in total. The first-order valence-electron chi connectivity index (χ1n) is 6.48. The fourth-order valence-electron chi connectivity index (χ4n) is 1.33. The molecule has 1 aromatic heterocycles. The molecule has 0 aliphatic heterocycles. The third-order valence-corrected chi connectivity index (χ3v) is 4.32. The lowest BCUT2D eigenvalue weighted by atomic mass is 10.2. The first-order valence-corrected chi connectivity index (χ1v) is 8.09. The van der Waals surface area contributed by atoms with E-state index in [4.69, 9.17) is 4.42 Å². The molecule has 0 bridgehead atoms. The molecule has 1 aromatic rings. The van der Waals surface area contributed by atoms with Gasteiger partial charge in [0.15, 0.2) is 0 Å². The number of hydrogen-bond acceptors (Lipinski definition) is 7. The van der Waals surface area contributed by atoms with Crippen LogP contribution in [0.2, 0.25) is 0 Å². The van der Waals surface area contributed by atoms with Crippen LogP contribution >= 0.6 is 0 Å². The van der Waals surface area contributed by atoms with E-state index >= 15 is 0 Å². The van der Waals surface area contributed by atoms with Crippen molar-refractivity contribution in [3.05, 3.63) is 5.89 Å². The number of sulfonamides is 1. The summed E-state index contributed by atoms with van der Waals surface area (Å²) in [5, 5.41) is 13.6. The molecule has 0 saturated heterocycles. The normalized spacial score (nSPS) is 12.3. The van der Waals surface area contributed by atoms with Crippen molar-refractivity contribution in [2.24, 2.45) is 5.92 Å². The van der Waals surface area contributed by atoms with Crippen molar-refractivity contribution in [1.82, 2.24) is 19.8 Å². The van der Waals surface area contributed by atoms with Crippen LogP contribution < -0.4 is 10.6 Å². The summed E-state index contributed by atoms with van der Waals surface area (Å²) in [6.45, 7) is 5.81. The second-order valence-corrected chi connectivity index (χ2v) is 7.35. The minimum Gasteiger partial charge on any atom is -0.407 e. The summed E-state index contributed by atoms with van der Waals surface area (Å²) in [5.74, 6) is 0.999. The Morgan fingerprint density at radius 2 is 2.00 bits per heavy atom. The molecule has 20 heavy (non-hydrogen) atoms. The van der Waals surface area contributed by atoms with E-state index in [-0.39, 0.29) is 18.3 Å². The third-order valence-electron chi connectivity index (χ3n) is 2.49. The maximum absolute atomic E-state index is 11.5. The number of aromatic nitrogens is 2. The van der Waals surface area contributed by atoms with E-state index < -0.39 is 10.0 Å². The number of nitrogens with zero attached hydrogens (tertiary/aromatic N) is 3. The predicted octanol–water partition coefficient (Wildman–Crippen LogP) is 0.119. The van der Waals surface area contributed by atoms with Gasteiger partial charge in [-0.1, -0.05) is 18.9 Å². The molecule has 116 valence electrons. The van der Waals surface area contributed by atoms with Crippen LogP contribution in [0.25, 0.3) is 0 Å². The second kappa shape index (κ2) is 7.55. The van der Waals surface area contributed by atoms with E-state index in [0.29, 0.717) is 18.4 Å². The lowest BCUT2D eigenvalue weighted by Gasteiger charge is -2.10. The fraction of sp³-hybridized carbons (Fsp3) is 0.818. The average molecular weight is 305 g/mol. The van der Waals surface area contributed by atoms with Crippen LogP contribution in [0.5, 0.6) is 0 Å². The maximum atomic E-state index is 11.5. The average Bonchev–Trinajstić information content (AvgIpc) is 2.76. The van der Waals surface area contributed by atoms with Crippen LogP contribution in [0.3, 0.4) is 0 Å². The summed E-state index contributed by atoms with van der Waals surface area (Å²) in [6, 6.07) is 0.236. The van der Waals surface area contributed by atoms with Crippen LogP contribution in [-0.2, 0) is 16.6 Å². The van der Waals surface area contributed by atoms with Crippen molar-refractivity contribution < 1.29 is 12.8 Å². The maximum Gasteiger partial charge on any atom is 0.315 e. The molecule has 0 aliphatic rings. The molecule has 0 spiro atoms. The molecule has 9 heteroatoms. The number of hydrogen-bond donors (Lipinski definition) is 2. The molecule has 0 atom stereocenters. The molecule has 0 saturated carbocycles. The van der Waals surface area contributed by atoms with Crippen molar-refractivity contribution in [2.45, 2.75) is 20.4 Å². The molecule has 0 amide bonds. The Morgan fingerprint density at radius 1 is 1.30 bits per heavy atom. The molecule has 1 heterocycles. The molecule has 0 unspecified atom stereocenters. The predicted molar refractivity (Wildman–Crippen MR) is 76.8 cm³/mol. The highest BCUT2D eigenvalue weighted by molar-refractivity contribution is 7.89. The van der Waals surface area contributed by atoms with E-state index in [1.807, 2.05) is 0 Å². The van der Waals surface area contributed by atoms with Gasteiger partial charge in [-0.15, -0.1) is 5.10 Å². The second-order valence-electron chi connectivity index (χ2n) is 5.05. The minimum absolute atomic E-state index is 0.0245. The Hall–Kier alpha value is -1.19. The van der Waals surface area contributed by atoms with E-state index in [1.165, 1.54) is 18.4 Å². The molecular weight excluding hydrogens is 282 g/mol. The highest BCUT2D eigenvalue weighted by Crippen LogP contribution is 2.05. The lowest BCUT2D eigenvalue weighted by molar-refractivity contribution is 0.459. The van der Waals surface area contributed by atoms with Gasteiger partial charge in [0.25, 0.3) is 0 Å². The minimum atomic E-state index is -3.22. The van der Waals surface area contributed by atoms with Crippen molar-refractivity contribution in [3.8, 4) is 0 Å². The van der Waals surface area contributed by atoms with Crippen molar-refractivity contribution >= 4 is 16.0 Å². The quantitative estimate of drug-likeness (QED) is 0.668. The van der Waals surface area contributed by atoms with E-state index in [9.17, 15) is 8.42 Å². The Bertz CT molecular complexity index is 498. The van der Waals surface area contributed by atoms with Gasteiger partial charge >= 0.3 is 6.01 Å². The summed E-state index contributed by atoms with van der Waals surface area (Å²) in [4.78, 5) is 0. The van der Waals surface area contributed by atoms with E-state index in [0.717, 1.165) is 6.54 Å². The van der Waals surface area contributed by atoms with Gasteiger partial charge in [-0.3, -0.25) is 0 Å². The molecule has 0 aromatic carbocycles. The van der Waals surface area contributed by atoms with Gasteiger partial charge in [-0.2, -0.15) is 0 Å². The summed E-state index contributed by atoms with van der Waals surface area (Å²) >= 11 is 0. The van der Waals surface area contributed by atoms with Gasteiger partial charge in [-0.25, -0.2) is 12.7 Å². The van der Waals surface area contributed by atoms with Gasteiger partial charge in [0.2, 0.25) is 15.9 Å². The van der Waals surface area contributed by atoms with Gasteiger partial charge < -0.3 is 15.1 Å². The van der Waals surface area contributed by atoms with Crippen LogP contribution in [0.15, 0.2) is 4.42 Å². The van der Waals surface area contributed by atoms with Crippen LogP contribution in [0.1, 0.15) is 19.7 Å². The zero-order valence-corrected chi connectivity index (χ0v) is 13.2. The standard InChI is InChI=1S/C11H23N5O3S/c1-9(2)7-12-8-10-14-15-11(19-10)13-5-6-20(17,18)16(3)4/h9,12H,5-8H2,1-4H3,(H,13,15). The molecule has 1 rings (SSSR count). The summed E-state index contributed by atoms with van der Waals surface area (Å²) in [6.07, 6.45) is 0.